The van der Waals surface area contributed by atoms with E-state index in [1.54, 1.807) is 20.8 Å². The molecular weight excluding hydrogens is 270 g/mol. The number of hydrogen-bond acceptors (Lipinski definition) is 2. The molecule has 1 N–H and O–H groups in total. The van der Waals surface area contributed by atoms with Gasteiger partial charge in [0.25, 0.3) is 0 Å². The predicted molar refractivity (Wildman–Crippen MR) is 81.1 cm³/mol. The third kappa shape index (κ3) is 2.09. The molecule has 1 aromatic carbocycles. The molecule has 0 spiro atoms. The van der Waals surface area contributed by atoms with Gasteiger partial charge in [0.15, 0.2) is 0 Å². The zero-order valence-electron chi connectivity index (χ0n) is 12.4. The molecular formula is C16H23NO2S. The van der Waals surface area contributed by atoms with Crippen LogP contribution in [0.5, 0.6) is 0 Å². The van der Waals surface area contributed by atoms with Gasteiger partial charge in [-0.05, 0) is 51.5 Å². The summed E-state index contributed by atoms with van der Waals surface area (Å²) in [5.74, 6) is 0.474. The Hall–Kier alpha value is -0.870. The zero-order valence-corrected chi connectivity index (χ0v) is 13.2. The Bertz CT molecular complexity index is 603. The minimum absolute atomic E-state index is 0.111. The van der Waals surface area contributed by atoms with Crippen LogP contribution in [0, 0.1) is 5.92 Å². The Morgan fingerprint density at radius 3 is 2.40 bits per heavy atom. The van der Waals surface area contributed by atoms with E-state index in [2.05, 4.69) is 29.0 Å². The lowest BCUT2D eigenvalue weighted by Gasteiger charge is -2.23. The van der Waals surface area contributed by atoms with E-state index in [-0.39, 0.29) is 11.5 Å². The summed E-state index contributed by atoms with van der Waals surface area (Å²) in [6, 6.07) is 10.7. The molecule has 4 heteroatoms. The third-order valence-electron chi connectivity index (χ3n) is 4.98. The van der Waals surface area contributed by atoms with Crippen molar-refractivity contribution in [3.8, 4) is 0 Å². The van der Waals surface area contributed by atoms with Crippen LogP contribution in [0.2, 0.25) is 0 Å². The highest BCUT2D eigenvalue weighted by molar-refractivity contribution is 7.90. The van der Waals surface area contributed by atoms with E-state index >= 15 is 0 Å². The second kappa shape index (κ2) is 4.31. The molecule has 3 nitrogen and oxygen atoms in total. The molecule has 0 amide bonds. The molecule has 3 atom stereocenters. The molecule has 2 aliphatic carbocycles. The lowest BCUT2D eigenvalue weighted by Crippen LogP contribution is -2.44. The highest BCUT2D eigenvalue weighted by Crippen LogP contribution is 2.64. The smallest absolute Gasteiger partial charge is 0.212 e. The summed E-state index contributed by atoms with van der Waals surface area (Å²) >= 11 is 0. The Morgan fingerprint density at radius 1 is 1.20 bits per heavy atom. The number of hydrogen-bond donors (Lipinski definition) is 1. The molecule has 20 heavy (non-hydrogen) atoms. The first-order valence-corrected chi connectivity index (χ1v) is 8.82. The SMILES string of the molecule is CC(C)(C)S(=O)(=O)N[C@@H]1CC[C@@]2(c3ccccc3)C[C@@H]12. The molecule has 1 aromatic rings. The average molecular weight is 293 g/mol. The van der Waals surface area contributed by atoms with Crippen molar-refractivity contribution < 1.29 is 8.42 Å². The van der Waals surface area contributed by atoms with Crippen molar-refractivity contribution in [3.63, 3.8) is 0 Å². The number of fused-ring (bicyclic) bond motifs is 1. The Labute approximate surface area is 121 Å². The molecule has 2 aliphatic rings. The maximum atomic E-state index is 12.3. The highest BCUT2D eigenvalue weighted by Gasteiger charge is 2.63. The molecule has 110 valence electrons. The van der Waals surface area contributed by atoms with Gasteiger partial charge in [0.2, 0.25) is 10.0 Å². The number of benzene rings is 1. The fourth-order valence-corrected chi connectivity index (χ4v) is 4.56. The standard InChI is InChI=1S/C16H23NO2S/c1-15(2,3)20(18,19)17-14-9-10-16(11-13(14)16)12-7-5-4-6-8-12/h4-8,13-14,17H,9-11H2,1-3H3/t13-,14+,16-/m0/s1. The first kappa shape index (κ1) is 14.1. The van der Waals surface area contributed by atoms with Gasteiger partial charge in [-0.15, -0.1) is 0 Å². The summed E-state index contributed by atoms with van der Waals surface area (Å²) in [6.07, 6.45) is 3.17. The van der Waals surface area contributed by atoms with Crippen LogP contribution in [-0.4, -0.2) is 19.2 Å². The maximum absolute atomic E-state index is 12.3. The topological polar surface area (TPSA) is 46.2 Å². The first-order valence-electron chi connectivity index (χ1n) is 7.34. The summed E-state index contributed by atoms with van der Waals surface area (Å²) in [4.78, 5) is 0. The number of nitrogens with one attached hydrogen (secondary N) is 1. The lowest BCUT2D eigenvalue weighted by atomic mass is 9.93. The van der Waals surface area contributed by atoms with Crippen molar-refractivity contribution in [1.82, 2.24) is 4.72 Å². The number of rotatable bonds is 3. The Kier molecular flexibility index (Phi) is 3.04. The molecule has 2 saturated carbocycles. The second-order valence-corrected chi connectivity index (χ2v) is 9.68. The monoisotopic (exact) mass is 293 g/mol. The van der Waals surface area contributed by atoms with Crippen molar-refractivity contribution in [1.29, 1.82) is 0 Å². The molecule has 0 aromatic heterocycles. The van der Waals surface area contributed by atoms with Crippen molar-refractivity contribution in [3.05, 3.63) is 35.9 Å². The van der Waals surface area contributed by atoms with Gasteiger partial charge >= 0.3 is 0 Å². The van der Waals surface area contributed by atoms with E-state index in [1.165, 1.54) is 5.56 Å². The number of sulfonamides is 1. The molecule has 3 rings (SSSR count). The highest BCUT2D eigenvalue weighted by atomic mass is 32.2. The van der Waals surface area contributed by atoms with Gasteiger partial charge in [-0.3, -0.25) is 0 Å². The first-order chi connectivity index (χ1) is 9.26. The van der Waals surface area contributed by atoms with Crippen LogP contribution >= 0.6 is 0 Å². The van der Waals surface area contributed by atoms with Crippen molar-refractivity contribution >= 4 is 10.0 Å². The van der Waals surface area contributed by atoms with Crippen molar-refractivity contribution in [2.24, 2.45) is 5.92 Å². The van der Waals surface area contributed by atoms with Gasteiger partial charge in [-0.25, -0.2) is 13.1 Å². The van der Waals surface area contributed by atoms with E-state index in [0.29, 0.717) is 5.92 Å². The quantitative estimate of drug-likeness (QED) is 0.931. The van der Waals surface area contributed by atoms with Crippen LogP contribution < -0.4 is 4.72 Å². The normalized spacial score (nSPS) is 33.0. The van der Waals surface area contributed by atoms with E-state index in [1.807, 2.05) is 6.07 Å². The fourth-order valence-electron chi connectivity index (χ4n) is 3.53. The summed E-state index contributed by atoms with van der Waals surface area (Å²) in [5, 5.41) is 0. The summed E-state index contributed by atoms with van der Waals surface area (Å²) < 4.78 is 26.8. The van der Waals surface area contributed by atoms with E-state index in [4.69, 9.17) is 0 Å². The average Bonchev–Trinajstić information content (AvgIpc) is 3.02. The van der Waals surface area contributed by atoms with Crippen LogP contribution in [0.4, 0.5) is 0 Å². The van der Waals surface area contributed by atoms with Gasteiger partial charge in [-0.1, -0.05) is 30.3 Å². The molecule has 0 saturated heterocycles. The van der Waals surface area contributed by atoms with E-state index in [9.17, 15) is 8.42 Å². The van der Waals surface area contributed by atoms with Crippen molar-refractivity contribution in [2.75, 3.05) is 0 Å². The largest absolute Gasteiger partial charge is 0.216 e. The summed E-state index contributed by atoms with van der Waals surface area (Å²) in [5.41, 5.74) is 1.62. The third-order valence-corrected chi connectivity index (χ3v) is 7.21. The minimum Gasteiger partial charge on any atom is -0.212 e. The van der Waals surface area contributed by atoms with Gasteiger partial charge in [0.05, 0.1) is 4.75 Å². The van der Waals surface area contributed by atoms with E-state index in [0.717, 1.165) is 19.3 Å². The second-order valence-electron chi connectivity index (χ2n) is 7.21. The van der Waals surface area contributed by atoms with Gasteiger partial charge in [-0.2, -0.15) is 0 Å². The van der Waals surface area contributed by atoms with Gasteiger partial charge in [0.1, 0.15) is 0 Å². The van der Waals surface area contributed by atoms with Crippen LogP contribution in [0.25, 0.3) is 0 Å². The van der Waals surface area contributed by atoms with E-state index < -0.39 is 14.8 Å². The van der Waals surface area contributed by atoms with Crippen LogP contribution in [0.1, 0.15) is 45.6 Å². The Morgan fingerprint density at radius 2 is 1.85 bits per heavy atom. The van der Waals surface area contributed by atoms with Crippen LogP contribution in [0.3, 0.4) is 0 Å². The van der Waals surface area contributed by atoms with Gasteiger partial charge < -0.3 is 0 Å². The zero-order chi connectivity index (χ0) is 14.6. The molecule has 0 aliphatic heterocycles. The van der Waals surface area contributed by atoms with Crippen molar-refractivity contribution in [2.45, 2.75) is 56.2 Å². The van der Waals surface area contributed by atoms with Gasteiger partial charge in [0, 0.05) is 11.5 Å². The molecule has 0 radical (unpaired) electrons. The molecule has 2 fully saturated rings. The molecule has 0 unspecified atom stereocenters. The molecule has 0 bridgehead atoms. The van der Waals surface area contributed by atoms with Crippen LogP contribution in [-0.2, 0) is 15.4 Å². The maximum Gasteiger partial charge on any atom is 0.216 e. The minimum atomic E-state index is -3.25. The molecule has 0 heterocycles. The fraction of sp³-hybridized carbons (Fsp3) is 0.625. The lowest BCUT2D eigenvalue weighted by molar-refractivity contribution is 0.500. The predicted octanol–water partition coefficient (Wildman–Crippen LogP) is 2.82. The van der Waals surface area contributed by atoms with Crippen LogP contribution in [0.15, 0.2) is 30.3 Å². The Balaban J connectivity index is 1.76. The summed E-state index contributed by atoms with van der Waals surface area (Å²) in [7, 11) is -3.25. The summed E-state index contributed by atoms with van der Waals surface area (Å²) in [6.45, 7) is 5.25.